The summed E-state index contributed by atoms with van der Waals surface area (Å²) in [5.41, 5.74) is 8.31. The second-order valence-electron chi connectivity index (χ2n) is 9.98. The molecular weight excluding hydrogens is 464 g/mol. The lowest BCUT2D eigenvalue weighted by molar-refractivity contribution is 0.0540. The van der Waals surface area contributed by atoms with Crippen LogP contribution in [0.2, 0.25) is 0 Å². The second kappa shape index (κ2) is 10.6. The minimum atomic E-state index is 0.166. The van der Waals surface area contributed by atoms with Crippen molar-refractivity contribution >= 4 is 17.3 Å². The first kappa shape index (κ1) is 24.8. The molecule has 0 saturated carbocycles. The smallest absolute Gasteiger partial charge is 0.206 e. The molecule has 2 fully saturated rings. The minimum absolute atomic E-state index is 0.166. The topological polar surface area (TPSA) is 108 Å². The van der Waals surface area contributed by atoms with Crippen LogP contribution in [-0.4, -0.2) is 74.5 Å². The Morgan fingerprint density at radius 1 is 1.03 bits per heavy atom. The van der Waals surface area contributed by atoms with Gasteiger partial charge in [0.2, 0.25) is 5.82 Å². The van der Waals surface area contributed by atoms with E-state index >= 15 is 0 Å². The normalized spacial score (nSPS) is 22.1. The molecule has 1 aromatic carbocycles. The molecule has 0 spiro atoms. The quantitative estimate of drug-likeness (QED) is 0.525. The number of likely N-dealkylation sites (tertiary alicyclic amines) is 1. The van der Waals surface area contributed by atoms with Gasteiger partial charge < -0.3 is 20.6 Å². The van der Waals surface area contributed by atoms with E-state index < -0.39 is 0 Å². The Morgan fingerprint density at radius 2 is 1.84 bits per heavy atom. The second-order valence-corrected chi connectivity index (χ2v) is 9.98. The molecule has 0 bridgehead atoms. The zero-order chi connectivity index (χ0) is 25.9. The van der Waals surface area contributed by atoms with Gasteiger partial charge in [-0.05, 0) is 63.8 Å². The zero-order valence-electron chi connectivity index (χ0n) is 21.7. The highest BCUT2D eigenvalue weighted by molar-refractivity contribution is 5.74. The summed E-state index contributed by atoms with van der Waals surface area (Å²) in [6, 6.07) is 12.4. The fourth-order valence-corrected chi connectivity index (χ4v) is 5.26. The monoisotopic (exact) mass is 498 g/mol. The van der Waals surface area contributed by atoms with Gasteiger partial charge in [-0.2, -0.15) is 0 Å². The van der Waals surface area contributed by atoms with Crippen LogP contribution < -0.4 is 15.5 Å². The van der Waals surface area contributed by atoms with Crippen LogP contribution >= 0.6 is 0 Å². The van der Waals surface area contributed by atoms with E-state index in [-0.39, 0.29) is 11.8 Å². The van der Waals surface area contributed by atoms with E-state index in [1.807, 2.05) is 24.3 Å². The number of phenols is 1. The average Bonchev–Trinajstić information content (AvgIpc) is 3.09. The molecule has 3 atom stereocenters. The summed E-state index contributed by atoms with van der Waals surface area (Å²) in [6.45, 7) is 9.77. The molecule has 0 radical (unpaired) electrons. The Bertz CT molecular complexity index is 1310. The molecule has 2 aliphatic heterocycles. The third-order valence-electron chi connectivity index (χ3n) is 7.49. The van der Waals surface area contributed by atoms with Gasteiger partial charge in [0, 0.05) is 49.5 Å². The first-order chi connectivity index (χ1) is 17.9. The number of nitrogens with zero attached hydrogens (tertiary/aromatic N) is 7. The number of nitrogens with two attached hydrogens (primary N) is 1. The zero-order valence-corrected chi connectivity index (χ0v) is 21.7. The third kappa shape index (κ3) is 5.30. The first-order valence-electron chi connectivity index (χ1n) is 12.9. The van der Waals surface area contributed by atoms with E-state index in [2.05, 4.69) is 62.5 Å². The Morgan fingerprint density at radius 3 is 2.62 bits per heavy atom. The van der Waals surface area contributed by atoms with Crippen LogP contribution in [0.4, 0.5) is 17.3 Å². The van der Waals surface area contributed by atoms with E-state index in [1.54, 1.807) is 18.3 Å². The van der Waals surface area contributed by atoms with E-state index in [1.165, 1.54) is 6.42 Å². The molecule has 37 heavy (non-hydrogen) atoms. The summed E-state index contributed by atoms with van der Waals surface area (Å²) in [5, 5.41) is 18.7. The van der Waals surface area contributed by atoms with Gasteiger partial charge >= 0.3 is 0 Å². The average molecular weight is 499 g/mol. The van der Waals surface area contributed by atoms with Crippen molar-refractivity contribution in [3.63, 3.8) is 0 Å². The van der Waals surface area contributed by atoms with Crippen LogP contribution in [0.5, 0.6) is 5.75 Å². The SMILES string of the molecule is C[C@@H]1CCN(c2cc(-c3ccccc3O)nnc2N)CCN1c1ccnc(C#CCN2[C@H](C)C[C@@H]2C)n1. The highest BCUT2D eigenvalue weighted by Gasteiger charge is 2.30. The highest BCUT2D eigenvalue weighted by atomic mass is 16.3. The van der Waals surface area contributed by atoms with Crippen molar-refractivity contribution in [2.24, 2.45) is 0 Å². The Hall–Kier alpha value is -3.90. The maximum atomic E-state index is 10.3. The minimum Gasteiger partial charge on any atom is -0.507 e. The molecular formula is C28H34N8O. The number of benzene rings is 1. The molecule has 2 saturated heterocycles. The fraction of sp³-hybridized carbons (Fsp3) is 0.429. The number of phenolic OH excluding ortho intramolecular Hbond substituents is 1. The third-order valence-corrected chi connectivity index (χ3v) is 7.49. The highest BCUT2D eigenvalue weighted by Crippen LogP contribution is 2.32. The summed E-state index contributed by atoms with van der Waals surface area (Å²) in [4.78, 5) is 16.1. The van der Waals surface area contributed by atoms with E-state index in [0.29, 0.717) is 35.0 Å². The van der Waals surface area contributed by atoms with Crippen LogP contribution in [0.1, 0.15) is 39.4 Å². The summed E-state index contributed by atoms with van der Waals surface area (Å²) in [7, 11) is 0. The maximum Gasteiger partial charge on any atom is 0.206 e. The summed E-state index contributed by atoms with van der Waals surface area (Å²) in [5.74, 6) is 8.40. The van der Waals surface area contributed by atoms with Crippen LogP contribution in [0.3, 0.4) is 0 Å². The fourth-order valence-electron chi connectivity index (χ4n) is 5.26. The largest absolute Gasteiger partial charge is 0.507 e. The molecule has 3 aromatic rings. The van der Waals surface area contributed by atoms with Crippen molar-refractivity contribution < 1.29 is 5.11 Å². The molecule has 192 valence electrons. The predicted molar refractivity (Wildman–Crippen MR) is 146 cm³/mol. The number of hydrogen-bond acceptors (Lipinski definition) is 9. The number of aromatic hydroxyl groups is 1. The molecule has 2 aliphatic rings. The van der Waals surface area contributed by atoms with Crippen molar-refractivity contribution in [2.45, 2.75) is 51.7 Å². The van der Waals surface area contributed by atoms with Crippen molar-refractivity contribution in [3.8, 4) is 28.8 Å². The van der Waals surface area contributed by atoms with Crippen molar-refractivity contribution in [3.05, 3.63) is 48.4 Å². The van der Waals surface area contributed by atoms with Crippen LogP contribution in [0, 0.1) is 11.8 Å². The number of anilines is 3. The number of para-hydroxylation sites is 1. The summed E-state index contributed by atoms with van der Waals surface area (Å²) in [6.07, 6.45) is 3.94. The van der Waals surface area contributed by atoms with Gasteiger partial charge in [0.25, 0.3) is 0 Å². The number of rotatable bonds is 4. The van der Waals surface area contributed by atoms with Gasteiger partial charge in [-0.1, -0.05) is 18.1 Å². The lowest BCUT2D eigenvalue weighted by Crippen LogP contribution is -2.52. The summed E-state index contributed by atoms with van der Waals surface area (Å²) >= 11 is 0. The molecule has 9 nitrogen and oxygen atoms in total. The standard InChI is InChI=1S/C28H34N8O/c1-19-11-14-34(24-18-23(32-33-28(24)29)22-7-4-5-8-25(22)37)15-16-36(19)27-10-12-30-26(31-27)9-6-13-35-20(2)17-21(35)3/h4-5,7-8,10,12,18-21,37H,11,13-17H2,1-3H3,(H2,29,33)/t19-,20-,21+/m1/s1. The van der Waals surface area contributed by atoms with E-state index in [0.717, 1.165) is 44.1 Å². The van der Waals surface area contributed by atoms with E-state index in [9.17, 15) is 5.11 Å². The Balaban J connectivity index is 1.31. The maximum absolute atomic E-state index is 10.3. The lowest BCUT2D eigenvalue weighted by Gasteiger charge is -2.44. The van der Waals surface area contributed by atoms with Gasteiger partial charge in [-0.3, -0.25) is 4.90 Å². The molecule has 0 aliphatic carbocycles. The molecule has 9 heteroatoms. The molecule has 2 aromatic heterocycles. The molecule has 3 N–H and O–H groups in total. The molecule has 4 heterocycles. The van der Waals surface area contributed by atoms with Gasteiger partial charge in [-0.15, -0.1) is 10.2 Å². The van der Waals surface area contributed by atoms with Crippen LogP contribution in [0.25, 0.3) is 11.3 Å². The number of hydrogen-bond donors (Lipinski definition) is 2. The first-order valence-corrected chi connectivity index (χ1v) is 12.9. The summed E-state index contributed by atoms with van der Waals surface area (Å²) < 4.78 is 0. The van der Waals surface area contributed by atoms with Gasteiger partial charge in [0.15, 0.2) is 5.82 Å². The molecule has 5 rings (SSSR count). The Labute approximate surface area is 218 Å². The predicted octanol–water partition coefficient (Wildman–Crippen LogP) is 3.16. The van der Waals surface area contributed by atoms with Crippen LogP contribution in [-0.2, 0) is 0 Å². The van der Waals surface area contributed by atoms with Crippen molar-refractivity contribution in [1.82, 2.24) is 25.1 Å². The van der Waals surface area contributed by atoms with Crippen molar-refractivity contribution in [2.75, 3.05) is 41.7 Å². The van der Waals surface area contributed by atoms with Crippen LogP contribution in [0.15, 0.2) is 42.6 Å². The number of nitrogen functional groups attached to an aromatic ring is 1. The number of aromatic nitrogens is 4. The van der Waals surface area contributed by atoms with Crippen molar-refractivity contribution in [1.29, 1.82) is 0 Å². The molecule has 0 unspecified atom stereocenters. The van der Waals surface area contributed by atoms with Gasteiger partial charge in [-0.25, -0.2) is 9.97 Å². The Kier molecular flexibility index (Phi) is 7.10. The van der Waals surface area contributed by atoms with E-state index in [4.69, 9.17) is 10.7 Å². The van der Waals surface area contributed by atoms with Gasteiger partial charge in [0.1, 0.15) is 11.6 Å². The van der Waals surface area contributed by atoms with Gasteiger partial charge in [0.05, 0.1) is 17.9 Å². The molecule has 0 amide bonds. The lowest BCUT2D eigenvalue weighted by atomic mass is 9.96.